The van der Waals surface area contributed by atoms with Crippen LogP contribution in [0.1, 0.15) is 15.9 Å². The number of hydrogen-bond acceptors (Lipinski definition) is 3. The molecule has 0 saturated carbocycles. The van der Waals surface area contributed by atoms with Crippen molar-refractivity contribution in [3.8, 4) is 17.1 Å². The molecule has 1 aromatic carbocycles. The van der Waals surface area contributed by atoms with Crippen molar-refractivity contribution in [1.29, 1.82) is 0 Å². The molecule has 104 valence electrons. The maximum absolute atomic E-state index is 11.4. The number of pyridine rings is 1. The van der Waals surface area contributed by atoms with Gasteiger partial charge >= 0.3 is 5.97 Å². The predicted octanol–water partition coefficient (Wildman–Crippen LogP) is 2.94. The maximum atomic E-state index is 11.4. The topological polar surface area (TPSA) is 68.0 Å². The molecule has 21 heavy (non-hydrogen) atoms. The Bertz CT molecular complexity index is 794. The number of carbonyl (C=O) groups is 1. The van der Waals surface area contributed by atoms with E-state index in [-0.39, 0.29) is 5.56 Å². The number of para-hydroxylation sites is 1. The molecule has 5 heteroatoms. The van der Waals surface area contributed by atoms with Crippen LogP contribution in [0.4, 0.5) is 0 Å². The van der Waals surface area contributed by atoms with Crippen LogP contribution in [0.25, 0.3) is 17.1 Å². The molecule has 0 spiro atoms. The third kappa shape index (κ3) is 2.41. The summed E-state index contributed by atoms with van der Waals surface area (Å²) in [7, 11) is 0. The van der Waals surface area contributed by atoms with Crippen molar-refractivity contribution in [3.05, 3.63) is 66.0 Å². The zero-order valence-corrected chi connectivity index (χ0v) is 11.4. The second kappa shape index (κ2) is 5.20. The third-order valence-electron chi connectivity index (χ3n) is 3.21. The van der Waals surface area contributed by atoms with E-state index in [9.17, 15) is 9.90 Å². The second-order valence-corrected chi connectivity index (χ2v) is 4.64. The predicted molar refractivity (Wildman–Crippen MR) is 78.5 cm³/mol. The van der Waals surface area contributed by atoms with Gasteiger partial charge in [-0.25, -0.2) is 9.48 Å². The quantitative estimate of drug-likeness (QED) is 0.800. The molecular weight excluding hydrogens is 266 g/mol. The number of aromatic carboxylic acids is 1. The van der Waals surface area contributed by atoms with Gasteiger partial charge in [-0.1, -0.05) is 24.3 Å². The van der Waals surface area contributed by atoms with Crippen molar-refractivity contribution in [2.75, 3.05) is 0 Å². The highest BCUT2D eigenvalue weighted by Crippen LogP contribution is 2.22. The molecule has 0 radical (unpaired) electrons. The Labute approximate surface area is 121 Å². The molecule has 0 unspecified atom stereocenters. The van der Waals surface area contributed by atoms with Gasteiger partial charge in [0.15, 0.2) is 0 Å². The molecule has 0 saturated heterocycles. The fourth-order valence-electron chi connectivity index (χ4n) is 2.17. The van der Waals surface area contributed by atoms with Crippen LogP contribution in [0, 0.1) is 6.92 Å². The van der Waals surface area contributed by atoms with Crippen molar-refractivity contribution >= 4 is 5.97 Å². The fourth-order valence-corrected chi connectivity index (χ4v) is 2.17. The number of rotatable bonds is 3. The van der Waals surface area contributed by atoms with E-state index in [0.29, 0.717) is 11.4 Å². The Kier molecular flexibility index (Phi) is 3.23. The molecule has 1 N–H and O–H groups in total. The Morgan fingerprint density at radius 3 is 2.57 bits per heavy atom. The number of carboxylic acid groups (broad SMARTS) is 1. The Morgan fingerprint density at radius 1 is 1.14 bits per heavy atom. The van der Waals surface area contributed by atoms with E-state index in [1.165, 1.54) is 6.20 Å². The summed E-state index contributed by atoms with van der Waals surface area (Å²) < 4.78 is 1.59. The number of aromatic nitrogens is 3. The van der Waals surface area contributed by atoms with Gasteiger partial charge in [0.25, 0.3) is 0 Å². The molecule has 2 heterocycles. The van der Waals surface area contributed by atoms with Crippen LogP contribution in [0.5, 0.6) is 0 Å². The summed E-state index contributed by atoms with van der Waals surface area (Å²) in [6, 6.07) is 13.0. The molecule has 0 amide bonds. The summed E-state index contributed by atoms with van der Waals surface area (Å²) in [6.07, 6.45) is 3.14. The van der Waals surface area contributed by atoms with Crippen molar-refractivity contribution in [1.82, 2.24) is 14.8 Å². The van der Waals surface area contributed by atoms with Crippen molar-refractivity contribution in [2.45, 2.75) is 6.92 Å². The highest BCUT2D eigenvalue weighted by atomic mass is 16.4. The van der Waals surface area contributed by atoms with Crippen molar-refractivity contribution < 1.29 is 9.90 Å². The number of hydrogen-bond donors (Lipinski definition) is 1. The monoisotopic (exact) mass is 279 g/mol. The van der Waals surface area contributed by atoms with Gasteiger partial charge in [-0.05, 0) is 30.7 Å². The molecule has 0 aliphatic carbocycles. The minimum Gasteiger partial charge on any atom is -0.478 e. The molecule has 0 atom stereocenters. The van der Waals surface area contributed by atoms with E-state index >= 15 is 0 Å². The fraction of sp³-hybridized carbons (Fsp3) is 0.0625. The maximum Gasteiger partial charge on any atom is 0.339 e. The standard InChI is InChI=1S/C16H13N3O2/c1-11-6-2-3-8-14(11)19-10-12(16(20)21)15(18-19)13-7-4-5-9-17-13/h2-10H,1H3,(H,20,21). The van der Waals surface area contributed by atoms with E-state index < -0.39 is 5.97 Å². The van der Waals surface area contributed by atoms with E-state index in [2.05, 4.69) is 10.1 Å². The lowest BCUT2D eigenvalue weighted by Gasteiger charge is -2.04. The number of nitrogens with zero attached hydrogens (tertiary/aromatic N) is 3. The zero-order chi connectivity index (χ0) is 14.8. The minimum atomic E-state index is -1.02. The van der Waals surface area contributed by atoms with Crippen LogP contribution in [0.3, 0.4) is 0 Å². The Hall–Kier alpha value is -2.95. The summed E-state index contributed by atoms with van der Waals surface area (Å²) in [5.74, 6) is -1.02. The van der Waals surface area contributed by atoms with Gasteiger partial charge in [0, 0.05) is 12.4 Å². The lowest BCUT2D eigenvalue weighted by Crippen LogP contribution is -1.97. The largest absolute Gasteiger partial charge is 0.478 e. The highest BCUT2D eigenvalue weighted by molar-refractivity contribution is 5.94. The SMILES string of the molecule is Cc1ccccc1-n1cc(C(=O)O)c(-c2ccccn2)n1. The number of benzene rings is 1. The van der Waals surface area contributed by atoms with Gasteiger partial charge in [0.05, 0.1) is 11.4 Å². The smallest absolute Gasteiger partial charge is 0.339 e. The molecule has 0 bridgehead atoms. The van der Waals surface area contributed by atoms with Gasteiger partial charge in [-0.2, -0.15) is 5.10 Å². The van der Waals surface area contributed by atoms with E-state index in [1.54, 1.807) is 29.1 Å². The molecule has 0 fully saturated rings. The molecule has 3 rings (SSSR count). The van der Waals surface area contributed by atoms with Gasteiger partial charge < -0.3 is 5.11 Å². The van der Waals surface area contributed by atoms with Crippen LogP contribution >= 0.6 is 0 Å². The number of aryl methyl sites for hydroxylation is 1. The van der Waals surface area contributed by atoms with Crippen molar-refractivity contribution in [2.24, 2.45) is 0 Å². The highest BCUT2D eigenvalue weighted by Gasteiger charge is 2.18. The van der Waals surface area contributed by atoms with Crippen LogP contribution in [-0.2, 0) is 0 Å². The summed E-state index contributed by atoms with van der Waals surface area (Å²) in [5.41, 5.74) is 2.91. The first-order chi connectivity index (χ1) is 10.2. The normalized spacial score (nSPS) is 10.5. The molecule has 0 aliphatic rings. The van der Waals surface area contributed by atoms with Gasteiger partial charge in [0.2, 0.25) is 0 Å². The third-order valence-corrected chi connectivity index (χ3v) is 3.21. The van der Waals surface area contributed by atoms with Crippen LogP contribution in [-0.4, -0.2) is 25.8 Å². The molecule has 5 nitrogen and oxygen atoms in total. The molecular formula is C16H13N3O2. The van der Waals surface area contributed by atoms with Crippen LogP contribution in [0.15, 0.2) is 54.9 Å². The zero-order valence-electron chi connectivity index (χ0n) is 11.4. The lowest BCUT2D eigenvalue weighted by molar-refractivity contribution is 0.0697. The molecule has 0 aliphatic heterocycles. The van der Waals surface area contributed by atoms with E-state index in [4.69, 9.17) is 0 Å². The molecule has 2 aromatic heterocycles. The average molecular weight is 279 g/mol. The van der Waals surface area contributed by atoms with Gasteiger partial charge in [-0.15, -0.1) is 0 Å². The number of carboxylic acids is 1. The van der Waals surface area contributed by atoms with E-state index in [0.717, 1.165) is 11.3 Å². The first kappa shape index (κ1) is 13.1. The molecule has 3 aromatic rings. The summed E-state index contributed by atoms with van der Waals surface area (Å²) in [5, 5.41) is 13.8. The lowest BCUT2D eigenvalue weighted by atomic mass is 10.2. The minimum absolute atomic E-state index is 0.136. The first-order valence-electron chi connectivity index (χ1n) is 6.47. The average Bonchev–Trinajstić information content (AvgIpc) is 2.94. The van der Waals surface area contributed by atoms with Gasteiger partial charge in [0.1, 0.15) is 11.3 Å². The van der Waals surface area contributed by atoms with E-state index in [1.807, 2.05) is 31.2 Å². The van der Waals surface area contributed by atoms with Crippen molar-refractivity contribution in [3.63, 3.8) is 0 Å². The summed E-state index contributed by atoms with van der Waals surface area (Å²) in [6.45, 7) is 1.96. The summed E-state index contributed by atoms with van der Waals surface area (Å²) in [4.78, 5) is 15.6. The Morgan fingerprint density at radius 2 is 1.90 bits per heavy atom. The van der Waals surface area contributed by atoms with Gasteiger partial charge in [-0.3, -0.25) is 4.98 Å². The first-order valence-corrected chi connectivity index (χ1v) is 6.47. The Balaban J connectivity index is 2.18. The van der Waals surface area contributed by atoms with Crippen LogP contribution < -0.4 is 0 Å². The van der Waals surface area contributed by atoms with Crippen LogP contribution in [0.2, 0.25) is 0 Å². The second-order valence-electron chi connectivity index (χ2n) is 4.64. The summed E-state index contributed by atoms with van der Waals surface area (Å²) >= 11 is 0.